The monoisotopic (exact) mass is 488 g/mol. The lowest BCUT2D eigenvalue weighted by atomic mass is 10.1. The van der Waals surface area contributed by atoms with Crippen molar-refractivity contribution in [3.63, 3.8) is 0 Å². The molecule has 2 aliphatic heterocycles. The van der Waals surface area contributed by atoms with Crippen LogP contribution < -0.4 is 4.90 Å². The summed E-state index contributed by atoms with van der Waals surface area (Å²) in [7, 11) is -3.18. The van der Waals surface area contributed by atoms with Crippen molar-refractivity contribution in [2.45, 2.75) is 17.7 Å². The second-order valence-corrected chi connectivity index (χ2v) is 11.4. The van der Waals surface area contributed by atoms with E-state index >= 15 is 0 Å². The van der Waals surface area contributed by atoms with Gasteiger partial charge in [-0.2, -0.15) is 4.99 Å². The van der Waals surface area contributed by atoms with Crippen molar-refractivity contribution in [3.05, 3.63) is 63.1 Å². The summed E-state index contributed by atoms with van der Waals surface area (Å²) in [6, 6.07) is 11.8. The van der Waals surface area contributed by atoms with Crippen molar-refractivity contribution in [1.29, 1.82) is 0 Å². The molecule has 0 aromatic heterocycles. The Hall–Kier alpha value is -1.25. The van der Waals surface area contributed by atoms with E-state index in [2.05, 4.69) is 4.99 Å². The predicted octanol–water partition coefficient (Wildman–Crippen LogP) is 4.49. The Morgan fingerprint density at radius 3 is 2.38 bits per heavy atom. The van der Waals surface area contributed by atoms with Crippen LogP contribution in [0.2, 0.25) is 15.1 Å². The average molecular weight is 490 g/mol. The molecule has 4 rings (SSSR count). The zero-order valence-electron chi connectivity index (χ0n) is 14.9. The van der Waals surface area contributed by atoms with Crippen LogP contribution in [0.15, 0.2) is 47.5 Å². The van der Waals surface area contributed by atoms with Crippen LogP contribution in [0, 0.1) is 0 Å². The first-order chi connectivity index (χ1) is 13.7. The minimum absolute atomic E-state index is 0.0264. The van der Waals surface area contributed by atoms with E-state index in [0.717, 1.165) is 0 Å². The number of para-hydroxylation sites is 1. The zero-order valence-corrected chi connectivity index (χ0v) is 18.8. The number of amides is 1. The number of hydrogen-bond donors (Lipinski definition) is 0. The fourth-order valence-electron chi connectivity index (χ4n) is 3.50. The molecule has 0 unspecified atom stereocenters. The largest absolute Gasteiger partial charge is 0.313 e. The molecule has 5 nitrogen and oxygen atoms in total. The Bertz CT molecular complexity index is 1100. The van der Waals surface area contributed by atoms with Gasteiger partial charge in [-0.15, -0.1) is 0 Å². The lowest BCUT2D eigenvalue weighted by molar-refractivity contribution is -0.117. The highest BCUT2D eigenvalue weighted by atomic mass is 35.5. The molecule has 10 heteroatoms. The molecule has 2 aromatic carbocycles. The third-order valence-electron chi connectivity index (χ3n) is 4.76. The highest BCUT2D eigenvalue weighted by Gasteiger charge is 2.50. The van der Waals surface area contributed by atoms with Gasteiger partial charge in [0, 0.05) is 10.3 Å². The van der Waals surface area contributed by atoms with E-state index < -0.39 is 9.84 Å². The zero-order chi connectivity index (χ0) is 20.8. The van der Waals surface area contributed by atoms with Gasteiger partial charge in [-0.3, -0.25) is 4.79 Å². The summed E-state index contributed by atoms with van der Waals surface area (Å²) < 4.78 is 24.3. The molecule has 0 N–H and O–H groups in total. The molecule has 152 valence electrons. The van der Waals surface area contributed by atoms with Gasteiger partial charge in [0.15, 0.2) is 15.0 Å². The molecular weight excluding hydrogens is 475 g/mol. The molecule has 0 spiro atoms. The normalized spacial score (nSPS) is 24.1. The number of anilines is 1. The number of halogens is 3. The van der Waals surface area contributed by atoms with Crippen LogP contribution in [0.5, 0.6) is 0 Å². The molecule has 2 aliphatic rings. The van der Waals surface area contributed by atoms with Gasteiger partial charge in [0.25, 0.3) is 5.91 Å². The van der Waals surface area contributed by atoms with Gasteiger partial charge >= 0.3 is 0 Å². The van der Waals surface area contributed by atoms with E-state index in [-0.39, 0.29) is 35.1 Å². The van der Waals surface area contributed by atoms with Crippen molar-refractivity contribution in [2.24, 2.45) is 4.99 Å². The van der Waals surface area contributed by atoms with E-state index in [1.54, 1.807) is 47.4 Å². The number of carbonyl (C=O) groups is 1. The molecule has 0 aliphatic carbocycles. The van der Waals surface area contributed by atoms with E-state index in [9.17, 15) is 13.2 Å². The fourth-order valence-corrected chi connectivity index (χ4v) is 8.20. The number of benzene rings is 2. The van der Waals surface area contributed by atoms with Crippen LogP contribution in [-0.2, 0) is 21.1 Å². The number of sulfone groups is 1. The molecular formula is C19H15Cl3N2O3S2. The Balaban J connectivity index is 1.71. The Labute approximate surface area is 188 Å². The summed E-state index contributed by atoms with van der Waals surface area (Å²) in [6.07, 6.45) is 0.0431. The maximum atomic E-state index is 12.6. The molecule has 29 heavy (non-hydrogen) atoms. The number of rotatable bonds is 3. The summed E-state index contributed by atoms with van der Waals surface area (Å²) in [5.41, 5.74) is 1.15. The number of nitrogens with zero attached hydrogens (tertiary/aromatic N) is 2. The summed E-state index contributed by atoms with van der Waals surface area (Å²) in [6.45, 7) is 0. The highest BCUT2D eigenvalue weighted by Crippen LogP contribution is 2.45. The van der Waals surface area contributed by atoms with Crippen molar-refractivity contribution < 1.29 is 13.2 Å². The number of aliphatic imine (C=N–C) groups is 1. The van der Waals surface area contributed by atoms with Crippen LogP contribution in [0.25, 0.3) is 0 Å². The first kappa shape index (κ1) is 21.0. The number of hydrogen-bond acceptors (Lipinski definition) is 4. The van der Waals surface area contributed by atoms with Crippen molar-refractivity contribution in [1.82, 2.24) is 0 Å². The van der Waals surface area contributed by atoms with Gasteiger partial charge < -0.3 is 4.90 Å². The third-order valence-corrected chi connectivity index (χ3v) is 8.95. The molecule has 0 radical (unpaired) electrons. The van der Waals surface area contributed by atoms with Gasteiger partial charge in [-0.1, -0.05) is 70.8 Å². The van der Waals surface area contributed by atoms with Gasteiger partial charge in [0.2, 0.25) is 0 Å². The SMILES string of the molecule is O=C(Cc1ccccc1Cl)N=C1S[C@H]2CS(=O)(=O)C[C@H]2N1c1c(Cl)cccc1Cl. The summed E-state index contributed by atoms with van der Waals surface area (Å²) in [5.74, 6) is -0.389. The molecule has 2 aromatic rings. The molecule has 2 heterocycles. The first-order valence-corrected chi connectivity index (χ1v) is 12.5. The van der Waals surface area contributed by atoms with E-state index in [1.807, 2.05) is 0 Å². The molecule has 2 atom stereocenters. The highest BCUT2D eigenvalue weighted by molar-refractivity contribution is 8.16. The molecule has 2 saturated heterocycles. The summed E-state index contributed by atoms with van der Waals surface area (Å²) >= 11 is 20.2. The third kappa shape index (κ3) is 4.30. The fraction of sp³-hybridized carbons (Fsp3) is 0.263. The Kier molecular flexibility index (Phi) is 5.88. The Morgan fingerprint density at radius 1 is 1.03 bits per heavy atom. The average Bonchev–Trinajstić information content (AvgIpc) is 3.09. The Morgan fingerprint density at radius 2 is 1.69 bits per heavy atom. The maximum Gasteiger partial charge on any atom is 0.252 e. The summed E-state index contributed by atoms with van der Waals surface area (Å²) in [4.78, 5) is 18.6. The van der Waals surface area contributed by atoms with E-state index in [0.29, 0.717) is 31.5 Å². The topological polar surface area (TPSA) is 66.8 Å². The standard InChI is InChI=1S/C19H15Cl3N2O3S2/c20-12-5-2-1-4-11(12)8-17(25)23-19-24(18-13(21)6-3-7-14(18)22)15-9-29(26,27)10-16(15)28-19/h1-7,15-16H,8-10H2/t15-,16+/m1/s1. The maximum absolute atomic E-state index is 12.6. The number of carbonyl (C=O) groups excluding carboxylic acids is 1. The molecule has 2 fully saturated rings. The second kappa shape index (κ2) is 8.12. The van der Waals surface area contributed by atoms with E-state index in [1.165, 1.54) is 11.8 Å². The number of amidine groups is 1. The van der Waals surface area contributed by atoms with Crippen LogP contribution in [0.1, 0.15) is 5.56 Å². The van der Waals surface area contributed by atoms with Gasteiger partial charge in [-0.25, -0.2) is 8.42 Å². The summed E-state index contributed by atoms with van der Waals surface area (Å²) in [5, 5.41) is 1.40. The van der Waals surface area contributed by atoms with Gasteiger partial charge in [0.05, 0.1) is 39.7 Å². The molecule has 0 saturated carbocycles. The molecule has 0 bridgehead atoms. The van der Waals surface area contributed by atoms with Crippen LogP contribution in [0.3, 0.4) is 0 Å². The van der Waals surface area contributed by atoms with Gasteiger partial charge in [0.1, 0.15) is 0 Å². The lowest BCUT2D eigenvalue weighted by Gasteiger charge is -2.26. The molecule has 1 amide bonds. The quantitative estimate of drug-likeness (QED) is 0.635. The first-order valence-electron chi connectivity index (χ1n) is 8.70. The van der Waals surface area contributed by atoms with Crippen molar-refractivity contribution in [3.8, 4) is 0 Å². The van der Waals surface area contributed by atoms with Crippen molar-refractivity contribution in [2.75, 3.05) is 16.4 Å². The minimum atomic E-state index is -3.18. The lowest BCUT2D eigenvalue weighted by Crippen LogP contribution is -2.38. The van der Waals surface area contributed by atoms with Crippen LogP contribution in [-0.4, -0.2) is 42.3 Å². The second-order valence-electron chi connectivity index (χ2n) is 6.80. The van der Waals surface area contributed by atoms with Crippen LogP contribution in [0.4, 0.5) is 5.69 Å². The van der Waals surface area contributed by atoms with Crippen LogP contribution >= 0.6 is 46.6 Å². The minimum Gasteiger partial charge on any atom is -0.313 e. The predicted molar refractivity (Wildman–Crippen MR) is 120 cm³/mol. The number of thioether (sulfide) groups is 1. The number of fused-ring (bicyclic) bond motifs is 1. The van der Waals surface area contributed by atoms with Gasteiger partial charge in [-0.05, 0) is 23.8 Å². The smallest absolute Gasteiger partial charge is 0.252 e. The van der Waals surface area contributed by atoms with E-state index in [4.69, 9.17) is 34.8 Å². The van der Waals surface area contributed by atoms with Crippen molar-refractivity contribution >= 4 is 73.2 Å².